The molecule has 5 atom stereocenters. The topological polar surface area (TPSA) is 103 Å². The number of rotatable bonds is 3. The number of nitrogens with zero attached hydrogens (tertiary/aromatic N) is 1. The van der Waals surface area contributed by atoms with Crippen LogP contribution in [0.15, 0.2) is 0 Å². The van der Waals surface area contributed by atoms with E-state index in [1.165, 1.54) is 19.2 Å². The molecule has 0 spiro atoms. The predicted molar refractivity (Wildman–Crippen MR) is 48.5 cm³/mol. The third-order valence-corrected chi connectivity index (χ3v) is 2.51. The molecule has 0 saturated carbocycles. The number of aliphatic hydroxyl groups excluding tert-OH is 4. The Morgan fingerprint density at radius 2 is 1.80 bits per heavy atom. The van der Waals surface area contributed by atoms with Gasteiger partial charge in [-0.05, 0) is 0 Å². The van der Waals surface area contributed by atoms with Crippen LogP contribution in [0.4, 0.5) is 0 Å². The molecule has 0 aliphatic carbocycles. The summed E-state index contributed by atoms with van der Waals surface area (Å²) in [4.78, 5) is 4.81. The molecule has 1 aliphatic heterocycles. The van der Waals surface area contributed by atoms with Crippen LogP contribution < -0.4 is 0 Å². The van der Waals surface area contributed by atoms with Gasteiger partial charge in [0.2, 0.25) is 0 Å². The minimum atomic E-state index is -1.38. The van der Waals surface area contributed by atoms with Crippen molar-refractivity contribution >= 4 is 0 Å². The van der Waals surface area contributed by atoms with E-state index in [4.69, 9.17) is 14.7 Å². The van der Waals surface area contributed by atoms with Gasteiger partial charge in [0.15, 0.2) is 6.23 Å². The fourth-order valence-corrected chi connectivity index (χ4v) is 1.49. The molecule has 7 heteroatoms. The Morgan fingerprint density at radius 3 is 2.27 bits per heavy atom. The highest BCUT2D eigenvalue weighted by molar-refractivity contribution is 4.90. The predicted octanol–water partition coefficient (Wildman–Crippen LogP) is -2.72. The summed E-state index contributed by atoms with van der Waals surface area (Å²) in [5.41, 5.74) is 0. The maximum Gasteiger partial charge on any atom is 0.161 e. The SMILES string of the molecule is CON(C)[C@@H]1OC(CO)[C@H](O)[C@H](O)C1O. The highest BCUT2D eigenvalue weighted by atomic mass is 16.7. The van der Waals surface area contributed by atoms with E-state index in [0.29, 0.717) is 0 Å². The summed E-state index contributed by atoms with van der Waals surface area (Å²) in [6, 6.07) is 0. The lowest BCUT2D eigenvalue weighted by molar-refractivity contribution is -0.320. The van der Waals surface area contributed by atoms with Gasteiger partial charge in [0.25, 0.3) is 0 Å². The van der Waals surface area contributed by atoms with Crippen LogP contribution in [-0.4, -0.2) is 76.9 Å². The quantitative estimate of drug-likeness (QED) is 0.385. The smallest absolute Gasteiger partial charge is 0.161 e. The van der Waals surface area contributed by atoms with Gasteiger partial charge in [0.05, 0.1) is 13.7 Å². The Labute approximate surface area is 87.4 Å². The fourth-order valence-electron chi connectivity index (χ4n) is 1.49. The number of aliphatic hydroxyl groups is 4. The summed E-state index contributed by atoms with van der Waals surface area (Å²) in [6.07, 6.45) is -5.85. The average Bonchev–Trinajstić information content (AvgIpc) is 2.25. The van der Waals surface area contributed by atoms with E-state index in [0.717, 1.165) is 0 Å². The van der Waals surface area contributed by atoms with E-state index < -0.39 is 37.3 Å². The van der Waals surface area contributed by atoms with Crippen LogP contribution in [0, 0.1) is 0 Å². The lowest BCUT2D eigenvalue weighted by Gasteiger charge is -2.42. The average molecular weight is 223 g/mol. The van der Waals surface area contributed by atoms with Crippen LogP contribution in [0.1, 0.15) is 0 Å². The van der Waals surface area contributed by atoms with Gasteiger partial charge in [0, 0.05) is 7.05 Å². The molecule has 90 valence electrons. The molecule has 0 aromatic rings. The largest absolute Gasteiger partial charge is 0.394 e. The van der Waals surface area contributed by atoms with Crippen LogP contribution in [0.2, 0.25) is 0 Å². The second kappa shape index (κ2) is 5.17. The van der Waals surface area contributed by atoms with Crippen molar-refractivity contribution in [1.82, 2.24) is 5.06 Å². The summed E-state index contributed by atoms with van der Waals surface area (Å²) in [7, 11) is 2.88. The molecule has 1 fully saturated rings. The molecule has 1 rings (SSSR count). The van der Waals surface area contributed by atoms with Crippen molar-refractivity contribution in [3.8, 4) is 0 Å². The summed E-state index contributed by atoms with van der Waals surface area (Å²) in [6.45, 7) is -0.445. The first-order chi connectivity index (χ1) is 7.02. The van der Waals surface area contributed by atoms with Crippen molar-refractivity contribution in [3.63, 3.8) is 0 Å². The molecular formula is C8H17NO6. The van der Waals surface area contributed by atoms with Crippen LogP contribution in [0.3, 0.4) is 0 Å². The van der Waals surface area contributed by atoms with Crippen molar-refractivity contribution in [2.45, 2.75) is 30.6 Å². The van der Waals surface area contributed by atoms with Gasteiger partial charge in [-0.25, -0.2) is 0 Å². The molecular weight excluding hydrogens is 206 g/mol. The summed E-state index contributed by atoms with van der Waals surface area (Å²) >= 11 is 0. The lowest BCUT2D eigenvalue weighted by atomic mass is 9.98. The second-order valence-corrected chi connectivity index (χ2v) is 3.45. The standard InChI is InChI=1S/C8H17NO6/c1-9(14-2)8-7(13)6(12)5(11)4(3-10)15-8/h4-8,10-13H,3H2,1-2H3/t4?,5-,6-,7?,8+/m0/s1. The number of likely N-dealkylation sites (N-methyl/N-ethyl adjacent to an activating group) is 1. The van der Waals surface area contributed by atoms with E-state index >= 15 is 0 Å². The Hall–Kier alpha value is -0.280. The Kier molecular flexibility index (Phi) is 4.41. The van der Waals surface area contributed by atoms with Crippen molar-refractivity contribution in [1.29, 1.82) is 0 Å². The molecule has 0 aromatic heterocycles. The van der Waals surface area contributed by atoms with E-state index in [-0.39, 0.29) is 0 Å². The maximum absolute atomic E-state index is 9.58. The summed E-state index contributed by atoms with van der Waals surface area (Å²) < 4.78 is 5.17. The van der Waals surface area contributed by atoms with Crippen molar-refractivity contribution in [2.75, 3.05) is 20.8 Å². The monoisotopic (exact) mass is 223 g/mol. The molecule has 0 radical (unpaired) electrons. The molecule has 1 aliphatic rings. The number of hydrogen-bond acceptors (Lipinski definition) is 7. The highest BCUT2D eigenvalue weighted by Gasteiger charge is 2.45. The van der Waals surface area contributed by atoms with E-state index in [2.05, 4.69) is 0 Å². The van der Waals surface area contributed by atoms with E-state index in [1.54, 1.807) is 0 Å². The van der Waals surface area contributed by atoms with Crippen molar-refractivity contribution < 1.29 is 30.0 Å². The van der Waals surface area contributed by atoms with Gasteiger partial charge in [-0.2, -0.15) is 5.06 Å². The van der Waals surface area contributed by atoms with Crippen LogP contribution >= 0.6 is 0 Å². The van der Waals surface area contributed by atoms with Crippen molar-refractivity contribution in [2.24, 2.45) is 0 Å². The first-order valence-corrected chi connectivity index (χ1v) is 4.60. The summed E-state index contributed by atoms with van der Waals surface area (Å²) in [5.74, 6) is 0. The number of ether oxygens (including phenoxy) is 1. The maximum atomic E-state index is 9.58. The first kappa shape index (κ1) is 12.8. The fraction of sp³-hybridized carbons (Fsp3) is 1.00. The molecule has 0 aromatic carbocycles. The minimum Gasteiger partial charge on any atom is -0.394 e. The van der Waals surface area contributed by atoms with Gasteiger partial charge in [0.1, 0.15) is 24.4 Å². The summed E-state index contributed by atoms with van der Waals surface area (Å²) in [5, 5.41) is 38.6. The molecule has 1 saturated heterocycles. The Balaban J connectivity index is 2.74. The van der Waals surface area contributed by atoms with Crippen molar-refractivity contribution in [3.05, 3.63) is 0 Å². The second-order valence-electron chi connectivity index (χ2n) is 3.45. The molecule has 0 bridgehead atoms. The number of hydroxylamine groups is 2. The van der Waals surface area contributed by atoms with Crippen LogP contribution in [0.5, 0.6) is 0 Å². The lowest BCUT2D eigenvalue weighted by Crippen LogP contribution is -2.62. The first-order valence-electron chi connectivity index (χ1n) is 4.60. The van der Waals surface area contributed by atoms with Gasteiger partial charge < -0.3 is 25.2 Å². The highest BCUT2D eigenvalue weighted by Crippen LogP contribution is 2.22. The van der Waals surface area contributed by atoms with Gasteiger partial charge in [-0.15, -0.1) is 0 Å². The van der Waals surface area contributed by atoms with Crippen LogP contribution in [-0.2, 0) is 9.57 Å². The molecule has 0 amide bonds. The molecule has 7 nitrogen and oxygen atoms in total. The third kappa shape index (κ3) is 2.45. The minimum absolute atomic E-state index is 0.445. The third-order valence-electron chi connectivity index (χ3n) is 2.51. The molecule has 1 heterocycles. The van der Waals surface area contributed by atoms with Gasteiger partial charge in [-0.1, -0.05) is 0 Å². The number of hydrogen-bond donors (Lipinski definition) is 4. The molecule has 2 unspecified atom stereocenters. The molecule has 15 heavy (non-hydrogen) atoms. The van der Waals surface area contributed by atoms with Gasteiger partial charge in [-0.3, -0.25) is 4.84 Å². The zero-order valence-corrected chi connectivity index (χ0v) is 8.65. The normalized spacial score (nSPS) is 42.2. The van der Waals surface area contributed by atoms with E-state index in [1.807, 2.05) is 0 Å². The van der Waals surface area contributed by atoms with Crippen LogP contribution in [0.25, 0.3) is 0 Å². The Bertz CT molecular complexity index is 202. The van der Waals surface area contributed by atoms with Gasteiger partial charge >= 0.3 is 0 Å². The zero-order chi connectivity index (χ0) is 11.6. The van der Waals surface area contributed by atoms with E-state index in [9.17, 15) is 15.3 Å². The zero-order valence-electron chi connectivity index (χ0n) is 8.65. The Morgan fingerprint density at radius 1 is 1.20 bits per heavy atom. The molecule has 4 N–H and O–H groups in total.